The van der Waals surface area contributed by atoms with Gasteiger partial charge < -0.3 is 10.5 Å². The molecule has 0 spiro atoms. The van der Waals surface area contributed by atoms with E-state index in [2.05, 4.69) is 0 Å². The molecule has 0 aliphatic carbocycles. The molecule has 0 amide bonds. The van der Waals surface area contributed by atoms with Gasteiger partial charge in [-0.2, -0.15) is 4.31 Å². The first kappa shape index (κ1) is 15.3. The van der Waals surface area contributed by atoms with Gasteiger partial charge in [-0.1, -0.05) is 6.07 Å². The van der Waals surface area contributed by atoms with Crippen molar-refractivity contribution in [2.24, 2.45) is 0 Å². The normalized spacial score (nSPS) is 21.6. The van der Waals surface area contributed by atoms with Gasteiger partial charge in [0.15, 0.2) is 0 Å². The lowest BCUT2D eigenvalue weighted by atomic mass is 10.1. The van der Waals surface area contributed by atoms with E-state index in [1.54, 1.807) is 26.0 Å². The zero-order chi connectivity index (χ0) is 14.9. The molecule has 1 saturated heterocycles. The second-order valence-electron chi connectivity index (χ2n) is 5.32. The highest BCUT2D eigenvalue weighted by atomic mass is 32.2. The van der Waals surface area contributed by atoms with Crippen molar-refractivity contribution in [3.05, 3.63) is 23.3 Å². The summed E-state index contributed by atoms with van der Waals surface area (Å²) in [5, 5.41) is 0. The van der Waals surface area contributed by atoms with Crippen LogP contribution in [0.3, 0.4) is 0 Å². The Morgan fingerprint density at radius 1 is 1.35 bits per heavy atom. The molecule has 0 bridgehead atoms. The summed E-state index contributed by atoms with van der Waals surface area (Å²) in [5.41, 5.74) is 7.73. The third-order valence-electron chi connectivity index (χ3n) is 3.66. The molecule has 2 rings (SSSR count). The van der Waals surface area contributed by atoms with Crippen LogP contribution < -0.4 is 5.73 Å². The number of hydrogen-bond donors (Lipinski definition) is 1. The van der Waals surface area contributed by atoms with Crippen LogP contribution >= 0.6 is 0 Å². The van der Waals surface area contributed by atoms with Crippen molar-refractivity contribution < 1.29 is 13.2 Å². The number of sulfonamides is 1. The van der Waals surface area contributed by atoms with E-state index in [0.717, 1.165) is 5.56 Å². The van der Waals surface area contributed by atoms with Crippen LogP contribution in [-0.2, 0) is 14.8 Å². The third-order valence-corrected chi connectivity index (χ3v) is 5.81. The van der Waals surface area contributed by atoms with E-state index in [-0.39, 0.29) is 6.10 Å². The van der Waals surface area contributed by atoms with Gasteiger partial charge >= 0.3 is 0 Å². The Balaban J connectivity index is 2.47. The SMILES string of the molecule is Cc1ccc(N)c(C)c1S(=O)(=O)N1CCCOC(C)C1. The average Bonchev–Trinajstić information content (AvgIpc) is 2.59. The van der Waals surface area contributed by atoms with Gasteiger partial charge in [0.2, 0.25) is 10.0 Å². The molecule has 5 nitrogen and oxygen atoms in total. The predicted octanol–water partition coefficient (Wildman–Crippen LogP) is 1.69. The summed E-state index contributed by atoms with van der Waals surface area (Å²) < 4.78 is 32.8. The molecule has 1 aromatic carbocycles. The summed E-state index contributed by atoms with van der Waals surface area (Å²) in [6, 6.07) is 3.50. The van der Waals surface area contributed by atoms with E-state index in [1.165, 1.54) is 4.31 Å². The van der Waals surface area contributed by atoms with Crippen molar-refractivity contribution in [2.75, 3.05) is 25.4 Å². The summed E-state index contributed by atoms with van der Waals surface area (Å²) in [6.45, 7) is 6.93. The minimum atomic E-state index is -3.53. The number of rotatable bonds is 2. The van der Waals surface area contributed by atoms with Crippen molar-refractivity contribution in [2.45, 2.75) is 38.2 Å². The molecule has 0 radical (unpaired) electrons. The van der Waals surface area contributed by atoms with Crippen molar-refractivity contribution in [1.82, 2.24) is 4.31 Å². The highest BCUT2D eigenvalue weighted by Crippen LogP contribution is 2.28. The lowest BCUT2D eigenvalue weighted by molar-refractivity contribution is 0.0752. The molecule has 1 aliphatic rings. The van der Waals surface area contributed by atoms with E-state index in [4.69, 9.17) is 10.5 Å². The molecule has 2 N–H and O–H groups in total. The zero-order valence-corrected chi connectivity index (χ0v) is 13.0. The number of anilines is 1. The molecule has 20 heavy (non-hydrogen) atoms. The molecular weight excluding hydrogens is 276 g/mol. The standard InChI is InChI=1S/C14H22N2O3S/c1-10-5-6-13(15)12(3)14(10)20(17,18)16-7-4-8-19-11(2)9-16/h5-6,11H,4,7-9,15H2,1-3H3. The summed E-state index contributed by atoms with van der Waals surface area (Å²) in [5.74, 6) is 0. The lowest BCUT2D eigenvalue weighted by Gasteiger charge is -2.24. The van der Waals surface area contributed by atoms with Gasteiger partial charge in [0.1, 0.15) is 0 Å². The van der Waals surface area contributed by atoms with Gasteiger partial charge in [-0.15, -0.1) is 0 Å². The summed E-state index contributed by atoms with van der Waals surface area (Å²) >= 11 is 0. The maximum absolute atomic E-state index is 12.9. The number of ether oxygens (including phenoxy) is 1. The fourth-order valence-electron chi connectivity index (χ4n) is 2.54. The van der Waals surface area contributed by atoms with Crippen molar-refractivity contribution in [3.63, 3.8) is 0 Å². The van der Waals surface area contributed by atoms with Gasteiger partial charge in [-0.25, -0.2) is 8.42 Å². The Morgan fingerprint density at radius 2 is 2.05 bits per heavy atom. The van der Waals surface area contributed by atoms with E-state index in [1.807, 2.05) is 6.92 Å². The van der Waals surface area contributed by atoms with Gasteiger partial charge in [-0.3, -0.25) is 0 Å². The fourth-order valence-corrected chi connectivity index (χ4v) is 4.56. The molecule has 6 heteroatoms. The van der Waals surface area contributed by atoms with Crippen LogP contribution in [0.5, 0.6) is 0 Å². The summed E-state index contributed by atoms with van der Waals surface area (Å²) in [6.07, 6.45) is 0.623. The van der Waals surface area contributed by atoms with E-state index >= 15 is 0 Å². The lowest BCUT2D eigenvalue weighted by Crippen LogP contribution is -2.36. The predicted molar refractivity (Wildman–Crippen MR) is 79.1 cm³/mol. The first-order chi connectivity index (χ1) is 9.34. The second-order valence-corrected chi connectivity index (χ2v) is 7.20. The number of benzene rings is 1. The van der Waals surface area contributed by atoms with Crippen molar-refractivity contribution in [1.29, 1.82) is 0 Å². The Hall–Kier alpha value is -1.11. The number of hydrogen-bond acceptors (Lipinski definition) is 4. The molecule has 0 saturated carbocycles. The van der Waals surface area contributed by atoms with E-state index in [9.17, 15) is 8.42 Å². The zero-order valence-electron chi connectivity index (χ0n) is 12.2. The third kappa shape index (κ3) is 2.82. The van der Waals surface area contributed by atoms with Crippen LogP contribution in [-0.4, -0.2) is 38.5 Å². The highest BCUT2D eigenvalue weighted by Gasteiger charge is 2.30. The maximum atomic E-state index is 12.9. The first-order valence-electron chi connectivity index (χ1n) is 6.81. The number of nitrogens with zero attached hydrogens (tertiary/aromatic N) is 1. The molecule has 1 heterocycles. The molecular formula is C14H22N2O3S. The average molecular weight is 298 g/mol. The minimum Gasteiger partial charge on any atom is -0.398 e. The van der Waals surface area contributed by atoms with Gasteiger partial charge in [0.05, 0.1) is 11.0 Å². The largest absolute Gasteiger partial charge is 0.398 e. The maximum Gasteiger partial charge on any atom is 0.243 e. The van der Waals surface area contributed by atoms with Crippen LogP contribution in [0, 0.1) is 13.8 Å². The molecule has 1 aliphatic heterocycles. The Morgan fingerprint density at radius 3 is 2.75 bits per heavy atom. The Labute approximate surface area is 120 Å². The van der Waals surface area contributed by atoms with Gasteiger partial charge in [0.25, 0.3) is 0 Å². The molecule has 1 fully saturated rings. The van der Waals surface area contributed by atoms with Crippen LogP contribution in [0.15, 0.2) is 17.0 Å². The van der Waals surface area contributed by atoms with Crippen molar-refractivity contribution >= 4 is 15.7 Å². The topological polar surface area (TPSA) is 72.6 Å². The minimum absolute atomic E-state index is 0.0889. The van der Waals surface area contributed by atoms with E-state index < -0.39 is 10.0 Å². The monoisotopic (exact) mass is 298 g/mol. The van der Waals surface area contributed by atoms with Gasteiger partial charge in [-0.05, 0) is 44.4 Å². The fraction of sp³-hybridized carbons (Fsp3) is 0.571. The molecule has 1 atom stereocenters. The highest BCUT2D eigenvalue weighted by molar-refractivity contribution is 7.89. The van der Waals surface area contributed by atoms with Crippen LogP contribution in [0.4, 0.5) is 5.69 Å². The first-order valence-corrected chi connectivity index (χ1v) is 8.25. The second kappa shape index (κ2) is 5.71. The van der Waals surface area contributed by atoms with Crippen LogP contribution in [0.25, 0.3) is 0 Å². The van der Waals surface area contributed by atoms with Crippen LogP contribution in [0.2, 0.25) is 0 Å². The smallest absolute Gasteiger partial charge is 0.243 e. The molecule has 1 unspecified atom stereocenters. The molecule has 112 valence electrons. The quantitative estimate of drug-likeness (QED) is 0.843. The molecule has 0 aromatic heterocycles. The van der Waals surface area contributed by atoms with E-state index in [0.29, 0.717) is 42.3 Å². The van der Waals surface area contributed by atoms with Crippen molar-refractivity contribution in [3.8, 4) is 0 Å². The number of aryl methyl sites for hydroxylation is 1. The summed E-state index contributed by atoms with van der Waals surface area (Å²) in [4.78, 5) is 0.339. The Kier molecular flexibility index (Phi) is 4.36. The van der Waals surface area contributed by atoms with Crippen LogP contribution in [0.1, 0.15) is 24.5 Å². The summed E-state index contributed by atoms with van der Waals surface area (Å²) in [7, 11) is -3.53. The number of nitrogens with two attached hydrogens (primary N) is 1. The van der Waals surface area contributed by atoms with Gasteiger partial charge in [0, 0.05) is 25.4 Å². The Bertz CT molecular complexity index is 599. The number of nitrogen functional groups attached to an aromatic ring is 1. The molecule has 1 aromatic rings.